The maximum Gasteiger partial charge on any atom is 0.573 e. The molecule has 0 radical (unpaired) electrons. The van der Waals surface area contributed by atoms with Gasteiger partial charge in [0.25, 0.3) is 6.43 Å². The number of nitrogen functional groups attached to an aromatic ring is 1. The molecule has 0 aliphatic carbocycles. The SMILES string of the molecule is Nc1nc(C(F)F)c(O)cc1OC(F)(F)F. The number of halogens is 5. The molecule has 9 heteroatoms. The quantitative estimate of drug-likeness (QED) is 0.782. The summed E-state index contributed by atoms with van der Waals surface area (Å²) in [6.07, 6.45) is -8.20. The highest BCUT2D eigenvalue weighted by Crippen LogP contribution is 2.35. The van der Waals surface area contributed by atoms with Gasteiger partial charge in [-0.3, -0.25) is 0 Å². The van der Waals surface area contributed by atoms with Gasteiger partial charge in [0.2, 0.25) is 0 Å². The van der Waals surface area contributed by atoms with E-state index in [2.05, 4.69) is 9.72 Å². The number of alkyl halides is 5. The molecule has 1 aromatic heterocycles. The average Bonchev–Trinajstić information content (AvgIpc) is 2.07. The molecule has 0 saturated heterocycles. The number of nitrogens with zero attached hydrogens (tertiary/aromatic N) is 1. The first-order chi connectivity index (χ1) is 7.20. The van der Waals surface area contributed by atoms with Crippen molar-refractivity contribution in [2.24, 2.45) is 0 Å². The fourth-order valence-corrected chi connectivity index (χ4v) is 0.881. The van der Waals surface area contributed by atoms with E-state index >= 15 is 0 Å². The van der Waals surface area contributed by atoms with Gasteiger partial charge < -0.3 is 15.6 Å². The summed E-state index contributed by atoms with van der Waals surface area (Å²) in [6.45, 7) is 0. The molecule has 1 heterocycles. The highest BCUT2D eigenvalue weighted by atomic mass is 19.4. The van der Waals surface area contributed by atoms with Gasteiger partial charge in [-0.15, -0.1) is 13.2 Å². The molecule has 1 rings (SSSR count). The second-order valence-corrected chi connectivity index (χ2v) is 2.62. The number of rotatable bonds is 2. The maximum atomic E-state index is 12.1. The number of aromatic hydroxyl groups is 1. The average molecular weight is 244 g/mol. The van der Waals surface area contributed by atoms with Crippen molar-refractivity contribution in [2.75, 3.05) is 5.73 Å². The molecule has 0 amide bonds. The summed E-state index contributed by atoms with van der Waals surface area (Å²) in [5, 5.41) is 8.94. The van der Waals surface area contributed by atoms with Crippen LogP contribution in [0.3, 0.4) is 0 Å². The van der Waals surface area contributed by atoms with Crippen molar-refractivity contribution in [3.63, 3.8) is 0 Å². The Morgan fingerprint density at radius 1 is 1.38 bits per heavy atom. The van der Waals surface area contributed by atoms with Crippen molar-refractivity contribution in [1.29, 1.82) is 0 Å². The Kier molecular flexibility index (Phi) is 3.06. The third kappa shape index (κ3) is 2.84. The monoisotopic (exact) mass is 244 g/mol. The summed E-state index contributed by atoms with van der Waals surface area (Å²) >= 11 is 0. The summed E-state index contributed by atoms with van der Waals surface area (Å²) in [4.78, 5) is 2.91. The number of hydrogen-bond donors (Lipinski definition) is 2. The van der Waals surface area contributed by atoms with Gasteiger partial charge in [0.15, 0.2) is 17.3 Å². The van der Waals surface area contributed by atoms with E-state index in [4.69, 9.17) is 10.8 Å². The molecule has 0 aromatic carbocycles. The van der Waals surface area contributed by atoms with Gasteiger partial charge in [0.05, 0.1) is 0 Å². The van der Waals surface area contributed by atoms with Crippen molar-refractivity contribution in [3.05, 3.63) is 11.8 Å². The van der Waals surface area contributed by atoms with Crippen LogP contribution in [0.15, 0.2) is 6.07 Å². The fourth-order valence-electron chi connectivity index (χ4n) is 0.881. The first-order valence-corrected chi connectivity index (χ1v) is 3.74. The van der Waals surface area contributed by atoms with E-state index in [0.29, 0.717) is 6.07 Å². The van der Waals surface area contributed by atoms with Crippen LogP contribution in [0.25, 0.3) is 0 Å². The molecule has 16 heavy (non-hydrogen) atoms. The van der Waals surface area contributed by atoms with Crippen LogP contribution in [-0.4, -0.2) is 16.5 Å². The standard InChI is InChI=1S/C7H5F5N2O2/c8-5(9)4-2(15)1-3(6(13)14-4)16-7(10,11)12/h1,5,15H,(H2,13,14). The highest BCUT2D eigenvalue weighted by molar-refractivity contribution is 5.51. The van der Waals surface area contributed by atoms with Gasteiger partial charge in [-0.05, 0) is 0 Å². The predicted molar refractivity (Wildman–Crippen MR) is 42.0 cm³/mol. The summed E-state index contributed by atoms with van der Waals surface area (Å²) < 4.78 is 63.0. The smallest absolute Gasteiger partial charge is 0.506 e. The van der Waals surface area contributed by atoms with Gasteiger partial charge in [-0.2, -0.15) is 0 Å². The number of anilines is 1. The fraction of sp³-hybridized carbons (Fsp3) is 0.286. The van der Waals surface area contributed by atoms with Crippen molar-refractivity contribution in [2.45, 2.75) is 12.8 Å². The number of hydrogen-bond acceptors (Lipinski definition) is 4. The minimum Gasteiger partial charge on any atom is -0.506 e. The Hall–Kier alpha value is -1.80. The van der Waals surface area contributed by atoms with Gasteiger partial charge in [-0.1, -0.05) is 0 Å². The Balaban J connectivity index is 3.11. The normalized spacial score (nSPS) is 11.9. The first kappa shape index (κ1) is 12.3. The van der Waals surface area contributed by atoms with Crippen LogP contribution in [0, 0.1) is 0 Å². The third-order valence-corrected chi connectivity index (χ3v) is 1.46. The van der Waals surface area contributed by atoms with E-state index in [1.54, 1.807) is 0 Å². The van der Waals surface area contributed by atoms with E-state index in [9.17, 15) is 22.0 Å². The molecule has 0 aliphatic heterocycles. The molecular weight excluding hydrogens is 239 g/mol. The second-order valence-electron chi connectivity index (χ2n) is 2.62. The predicted octanol–water partition coefficient (Wildman–Crippen LogP) is 2.21. The molecule has 0 saturated carbocycles. The van der Waals surface area contributed by atoms with Crippen LogP contribution in [0.5, 0.6) is 11.5 Å². The molecule has 0 fully saturated rings. The van der Waals surface area contributed by atoms with Gasteiger partial charge >= 0.3 is 6.36 Å². The molecule has 0 aliphatic rings. The van der Waals surface area contributed by atoms with E-state index < -0.39 is 35.8 Å². The number of pyridine rings is 1. The lowest BCUT2D eigenvalue weighted by Gasteiger charge is -2.12. The minimum absolute atomic E-state index is 0.331. The van der Waals surface area contributed by atoms with Crippen LogP contribution in [0.1, 0.15) is 12.1 Å². The lowest BCUT2D eigenvalue weighted by atomic mass is 10.3. The molecule has 0 atom stereocenters. The summed E-state index contributed by atoms with van der Waals surface area (Å²) in [6, 6.07) is 0.331. The zero-order valence-corrected chi connectivity index (χ0v) is 7.42. The van der Waals surface area contributed by atoms with Crippen LogP contribution in [-0.2, 0) is 0 Å². The first-order valence-electron chi connectivity index (χ1n) is 3.74. The van der Waals surface area contributed by atoms with Crippen molar-refractivity contribution < 1.29 is 31.8 Å². The molecule has 90 valence electrons. The molecule has 0 bridgehead atoms. The van der Waals surface area contributed by atoms with E-state index in [1.807, 2.05) is 0 Å². The summed E-state index contributed by atoms with van der Waals surface area (Å²) in [7, 11) is 0. The van der Waals surface area contributed by atoms with Crippen LogP contribution < -0.4 is 10.5 Å². The van der Waals surface area contributed by atoms with Crippen LogP contribution >= 0.6 is 0 Å². The minimum atomic E-state index is -5.05. The van der Waals surface area contributed by atoms with Crippen molar-refractivity contribution >= 4 is 5.82 Å². The topological polar surface area (TPSA) is 68.4 Å². The Bertz CT molecular complexity index is 393. The number of ether oxygens (including phenoxy) is 1. The number of aromatic nitrogens is 1. The molecule has 1 aromatic rings. The Labute approximate surface area is 85.5 Å². The zero-order valence-electron chi connectivity index (χ0n) is 7.42. The maximum absolute atomic E-state index is 12.1. The molecule has 4 nitrogen and oxygen atoms in total. The summed E-state index contributed by atoms with van der Waals surface area (Å²) in [5.41, 5.74) is 3.85. The lowest BCUT2D eigenvalue weighted by molar-refractivity contribution is -0.274. The van der Waals surface area contributed by atoms with E-state index in [-0.39, 0.29) is 0 Å². The Morgan fingerprint density at radius 2 is 1.94 bits per heavy atom. The lowest BCUT2D eigenvalue weighted by Crippen LogP contribution is -2.18. The molecular formula is C7H5F5N2O2. The second kappa shape index (κ2) is 3.99. The largest absolute Gasteiger partial charge is 0.573 e. The third-order valence-electron chi connectivity index (χ3n) is 1.46. The molecule has 0 spiro atoms. The van der Waals surface area contributed by atoms with Crippen molar-refractivity contribution in [1.82, 2.24) is 4.98 Å². The van der Waals surface area contributed by atoms with Gasteiger partial charge in [0, 0.05) is 6.07 Å². The molecule has 0 unspecified atom stereocenters. The number of nitrogens with two attached hydrogens (primary N) is 1. The van der Waals surface area contributed by atoms with E-state index in [1.165, 1.54) is 0 Å². The van der Waals surface area contributed by atoms with Crippen LogP contribution in [0.2, 0.25) is 0 Å². The van der Waals surface area contributed by atoms with Crippen LogP contribution in [0.4, 0.5) is 27.8 Å². The summed E-state index contributed by atoms with van der Waals surface area (Å²) in [5.74, 6) is -3.04. The zero-order chi connectivity index (χ0) is 12.5. The van der Waals surface area contributed by atoms with Gasteiger partial charge in [0.1, 0.15) is 5.75 Å². The van der Waals surface area contributed by atoms with Gasteiger partial charge in [-0.25, -0.2) is 13.8 Å². The van der Waals surface area contributed by atoms with E-state index in [0.717, 1.165) is 0 Å². The highest BCUT2D eigenvalue weighted by Gasteiger charge is 2.33. The Morgan fingerprint density at radius 3 is 2.38 bits per heavy atom. The molecule has 3 N–H and O–H groups in total. The van der Waals surface area contributed by atoms with Crippen molar-refractivity contribution in [3.8, 4) is 11.5 Å².